The molecule has 4 aliphatic rings. The lowest BCUT2D eigenvalue weighted by Gasteiger charge is -2.63. The molecular formula is C25H31Cl2FO5. The first-order valence-corrected chi connectivity index (χ1v) is 12.6. The number of aliphatic hydroxyl groups excluding tert-OH is 1. The summed E-state index contributed by atoms with van der Waals surface area (Å²) in [4.78, 5) is 37.9. The number of alkyl halides is 3. The fraction of sp³-hybridized carbons (Fsp3) is 0.720. The van der Waals surface area contributed by atoms with Crippen molar-refractivity contribution in [2.24, 2.45) is 28.6 Å². The van der Waals surface area contributed by atoms with Gasteiger partial charge in [-0.05, 0) is 49.8 Å². The molecule has 0 aromatic carbocycles. The van der Waals surface area contributed by atoms with Crippen LogP contribution in [0.3, 0.4) is 0 Å². The lowest BCUT2D eigenvalue weighted by Crippen LogP contribution is -2.71. The summed E-state index contributed by atoms with van der Waals surface area (Å²) >= 11 is 12.7. The molecule has 1 unspecified atom stereocenters. The van der Waals surface area contributed by atoms with Crippen molar-refractivity contribution in [2.45, 2.75) is 76.1 Å². The zero-order valence-corrected chi connectivity index (χ0v) is 20.9. The fourth-order valence-electron chi connectivity index (χ4n) is 7.74. The van der Waals surface area contributed by atoms with Crippen LogP contribution in [-0.2, 0) is 19.1 Å². The van der Waals surface area contributed by atoms with Gasteiger partial charge in [0.15, 0.2) is 22.8 Å². The van der Waals surface area contributed by atoms with Crippen LogP contribution < -0.4 is 0 Å². The van der Waals surface area contributed by atoms with Crippen molar-refractivity contribution >= 4 is 40.7 Å². The summed E-state index contributed by atoms with van der Waals surface area (Å²) in [5, 5.41) is 10.8. The Kier molecular flexibility index (Phi) is 5.95. The molecule has 1 N–H and O–H groups in total. The molecule has 0 aliphatic heterocycles. The van der Waals surface area contributed by atoms with E-state index >= 15 is 4.39 Å². The first-order valence-electron chi connectivity index (χ1n) is 11.6. The first kappa shape index (κ1) is 24.9. The maximum atomic E-state index is 17.3. The normalized spacial score (nSPS) is 48.4. The highest BCUT2D eigenvalue weighted by atomic mass is 35.5. The van der Waals surface area contributed by atoms with E-state index in [0.29, 0.717) is 12.0 Å². The van der Waals surface area contributed by atoms with Crippen molar-refractivity contribution in [3.8, 4) is 0 Å². The van der Waals surface area contributed by atoms with Crippen LogP contribution in [-0.4, -0.2) is 51.3 Å². The van der Waals surface area contributed by atoms with Gasteiger partial charge in [0.25, 0.3) is 0 Å². The molecule has 3 fully saturated rings. The molecule has 9 atom stereocenters. The Bertz CT molecular complexity index is 964. The van der Waals surface area contributed by atoms with Crippen molar-refractivity contribution in [1.29, 1.82) is 0 Å². The lowest BCUT2D eigenvalue weighted by atomic mass is 9.44. The zero-order valence-electron chi connectivity index (χ0n) is 19.4. The summed E-state index contributed by atoms with van der Waals surface area (Å²) in [7, 11) is 0. The number of Topliss-reactive ketones (excluding diaryl/α,β-unsaturated/α-hetero) is 1. The maximum Gasteiger partial charge on any atom is 0.306 e. The number of carbonyl (C=O) groups is 3. The second-order valence-corrected chi connectivity index (χ2v) is 11.4. The monoisotopic (exact) mass is 500 g/mol. The van der Waals surface area contributed by atoms with Gasteiger partial charge in [-0.25, -0.2) is 4.39 Å². The number of allylic oxidation sites excluding steroid dienone is 4. The number of carbonyl (C=O) groups excluding carboxylic acids is 3. The Balaban J connectivity index is 1.88. The van der Waals surface area contributed by atoms with Gasteiger partial charge < -0.3 is 9.84 Å². The second kappa shape index (κ2) is 7.89. The molecule has 8 heteroatoms. The molecule has 0 bridgehead atoms. The minimum atomic E-state index is -2.10. The molecule has 5 nitrogen and oxygen atoms in total. The molecule has 4 rings (SSSR count). The van der Waals surface area contributed by atoms with Crippen molar-refractivity contribution in [3.05, 3.63) is 23.8 Å². The van der Waals surface area contributed by atoms with Crippen LogP contribution in [0.15, 0.2) is 23.8 Å². The predicted octanol–water partition coefficient (Wildman–Crippen LogP) is 4.32. The Morgan fingerprint density at radius 3 is 2.55 bits per heavy atom. The van der Waals surface area contributed by atoms with Gasteiger partial charge in [0.1, 0.15) is 0 Å². The third-order valence-electron chi connectivity index (χ3n) is 9.27. The third-order valence-corrected chi connectivity index (χ3v) is 9.92. The van der Waals surface area contributed by atoms with Crippen LogP contribution >= 0.6 is 23.2 Å². The minimum Gasteiger partial charge on any atom is -0.450 e. The van der Waals surface area contributed by atoms with E-state index in [4.69, 9.17) is 27.9 Å². The van der Waals surface area contributed by atoms with Crippen LogP contribution in [0.2, 0.25) is 0 Å². The van der Waals surface area contributed by atoms with Crippen LogP contribution in [0, 0.1) is 28.6 Å². The van der Waals surface area contributed by atoms with E-state index in [9.17, 15) is 19.5 Å². The molecule has 182 valence electrons. The molecule has 33 heavy (non-hydrogen) atoms. The average molecular weight is 501 g/mol. The van der Waals surface area contributed by atoms with Gasteiger partial charge in [0, 0.05) is 29.1 Å². The van der Waals surface area contributed by atoms with Crippen molar-refractivity contribution in [1.82, 2.24) is 0 Å². The molecule has 0 spiro atoms. The number of fused-ring (bicyclic) bond motifs is 5. The van der Waals surface area contributed by atoms with Crippen LogP contribution in [0.1, 0.15) is 53.4 Å². The van der Waals surface area contributed by atoms with Gasteiger partial charge >= 0.3 is 5.97 Å². The number of aliphatic hydroxyl groups is 1. The standard InChI is InChI=1S/C25H31Cl2FO5/c1-5-21(32)33-25(20(31)12-26)13(2)8-15-16-10-18(27)17-9-14(29)6-7-22(17,3)24(16,28)19(30)11-23(15,25)4/h6-7,9,13,15-16,18-19,30H,5,8,10-12H2,1-4H3/t13-,15-,16-,18-,19-,22-,23-,24-,25?/m0/s1. The smallest absolute Gasteiger partial charge is 0.306 e. The third kappa shape index (κ3) is 2.96. The van der Waals surface area contributed by atoms with E-state index in [1.54, 1.807) is 13.8 Å². The van der Waals surface area contributed by atoms with Crippen molar-refractivity contribution in [3.63, 3.8) is 0 Å². The fourth-order valence-corrected chi connectivity index (χ4v) is 8.42. The van der Waals surface area contributed by atoms with Gasteiger partial charge in [-0.1, -0.05) is 26.8 Å². The molecule has 0 amide bonds. The average Bonchev–Trinajstić information content (AvgIpc) is 2.98. The zero-order chi connectivity index (χ0) is 24.6. The highest BCUT2D eigenvalue weighted by Crippen LogP contribution is 2.71. The topological polar surface area (TPSA) is 80.7 Å². The van der Waals surface area contributed by atoms with E-state index in [2.05, 4.69) is 0 Å². The number of esters is 1. The maximum absolute atomic E-state index is 17.3. The summed E-state index contributed by atoms with van der Waals surface area (Å²) in [6, 6.07) is 0. The molecule has 0 heterocycles. The molecular weight excluding hydrogens is 470 g/mol. The Morgan fingerprint density at radius 2 is 1.94 bits per heavy atom. The van der Waals surface area contributed by atoms with E-state index in [1.807, 2.05) is 13.8 Å². The van der Waals surface area contributed by atoms with E-state index in [1.165, 1.54) is 18.2 Å². The number of ketones is 2. The lowest BCUT2D eigenvalue weighted by molar-refractivity contribution is -0.226. The summed E-state index contributed by atoms with van der Waals surface area (Å²) in [5.41, 5.74) is -5.45. The van der Waals surface area contributed by atoms with E-state index in [-0.39, 0.29) is 36.8 Å². The first-order chi connectivity index (χ1) is 15.3. The molecule has 4 aliphatic carbocycles. The van der Waals surface area contributed by atoms with Crippen molar-refractivity contribution < 1.29 is 28.6 Å². The summed E-state index contributed by atoms with van der Waals surface area (Å²) in [6.45, 7) is 6.97. The molecule has 3 saturated carbocycles. The second-order valence-electron chi connectivity index (χ2n) is 10.6. The number of rotatable bonds is 4. The van der Waals surface area contributed by atoms with E-state index in [0.717, 1.165) is 0 Å². The predicted molar refractivity (Wildman–Crippen MR) is 123 cm³/mol. The van der Waals surface area contributed by atoms with Gasteiger partial charge in [-0.3, -0.25) is 14.4 Å². The Morgan fingerprint density at radius 1 is 1.27 bits per heavy atom. The van der Waals surface area contributed by atoms with Crippen LogP contribution in [0.25, 0.3) is 0 Å². The molecule has 0 aromatic heterocycles. The van der Waals surface area contributed by atoms with E-state index < -0.39 is 57.2 Å². The number of ether oxygens (including phenoxy) is 1. The van der Waals surface area contributed by atoms with Crippen LogP contribution in [0.5, 0.6) is 0 Å². The summed E-state index contributed by atoms with van der Waals surface area (Å²) in [6.07, 6.45) is 3.43. The molecule has 0 saturated heterocycles. The highest BCUT2D eigenvalue weighted by Gasteiger charge is 2.77. The number of hydrogen-bond acceptors (Lipinski definition) is 5. The summed E-state index contributed by atoms with van der Waals surface area (Å²) in [5.74, 6) is -3.05. The van der Waals surface area contributed by atoms with Gasteiger partial charge in [-0.2, -0.15) is 0 Å². The quantitative estimate of drug-likeness (QED) is 0.459. The van der Waals surface area contributed by atoms with Crippen LogP contribution in [0.4, 0.5) is 4.39 Å². The van der Waals surface area contributed by atoms with Gasteiger partial charge in [0.05, 0.1) is 17.4 Å². The SMILES string of the molecule is CCC(=O)OC1(C(=O)CCl)[C@@H](C)C[C@H]2[C@@H]3C[C@H](Cl)C4=CC(=O)C=C[C@]4(C)[C@@]3(F)[C@@H](O)C[C@@]21C. The number of hydrogen-bond donors (Lipinski definition) is 1. The number of halogens is 3. The van der Waals surface area contributed by atoms with Gasteiger partial charge in [0.2, 0.25) is 0 Å². The largest absolute Gasteiger partial charge is 0.450 e. The Hall–Kier alpha value is -1.24. The highest BCUT2D eigenvalue weighted by molar-refractivity contribution is 6.29. The van der Waals surface area contributed by atoms with Gasteiger partial charge in [-0.15, -0.1) is 23.2 Å². The molecule has 0 aromatic rings. The Labute approximate surface area is 203 Å². The minimum absolute atomic E-state index is 0.0771. The van der Waals surface area contributed by atoms with Crippen molar-refractivity contribution in [2.75, 3.05) is 5.88 Å². The molecule has 0 radical (unpaired) electrons. The summed E-state index contributed by atoms with van der Waals surface area (Å²) < 4.78 is 23.2.